The molecule has 0 spiro atoms. The second kappa shape index (κ2) is 8.68. The molecule has 2 aromatic rings. The van der Waals surface area contributed by atoms with Crippen LogP contribution in [-0.2, 0) is 16.1 Å². The minimum Gasteiger partial charge on any atom is -0.481 e. The number of hydrogen-bond donors (Lipinski definition) is 1. The Balaban J connectivity index is 1.91. The number of carboxylic acids is 1. The molecule has 3 rings (SSSR count). The van der Waals surface area contributed by atoms with Gasteiger partial charge in [0.15, 0.2) is 0 Å². The van der Waals surface area contributed by atoms with Gasteiger partial charge in [0, 0.05) is 12.6 Å². The van der Waals surface area contributed by atoms with E-state index in [-0.39, 0.29) is 5.92 Å². The van der Waals surface area contributed by atoms with Gasteiger partial charge in [-0.3, -0.25) is 4.79 Å². The van der Waals surface area contributed by atoms with Gasteiger partial charge in [0.1, 0.15) is 5.60 Å². The molecule has 3 atom stereocenters. The maximum absolute atomic E-state index is 13.1. The first kappa shape index (κ1) is 20.9. The first-order chi connectivity index (χ1) is 13.7. The minimum atomic E-state index is -0.866. The lowest BCUT2D eigenvalue weighted by Gasteiger charge is -2.33. The van der Waals surface area contributed by atoms with Crippen molar-refractivity contribution in [2.45, 2.75) is 57.7 Å². The Bertz CT molecular complexity index is 829. The van der Waals surface area contributed by atoms with E-state index in [4.69, 9.17) is 4.74 Å². The summed E-state index contributed by atoms with van der Waals surface area (Å²) in [4.78, 5) is 26.8. The largest absolute Gasteiger partial charge is 0.481 e. The summed E-state index contributed by atoms with van der Waals surface area (Å²) in [5, 5.41) is 9.90. The van der Waals surface area contributed by atoms with Gasteiger partial charge in [-0.1, -0.05) is 60.7 Å². The molecule has 5 heteroatoms. The highest BCUT2D eigenvalue weighted by molar-refractivity contribution is 5.74. The first-order valence-electron chi connectivity index (χ1n) is 10.1. The van der Waals surface area contributed by atoms with Gasteiger partial charge >= 0.3 is 12.1 Å². The fourth-order valence-electron chi connectivity index (χ4n) is 4.04. The highest BCUT2D eigenvalue weighted by Crippen LogP contribution is 2.42. The van der Waals surface area contributed by atoms with Crippen LogP contribution in [0.25, 0.3) is 0 Å². The minimum absolute atomic E-state index is 0.100. The number of carboxylic acid groups (broad SMARTS) is 1. The summed E-state index contributed by atoms with van der Waals surface area (Å²) < 4.78 is 5.65. The summed E-state index contributed by atoms with van der Waals surface area (Å²) in [5.41, 5.74) is 1.41. The van der Waals surface area contributed by atoms with Crippen LogP contribution in [0, 0.1) is 5.92 Å². The topological polar surface area (TPSA) is 66.8 Å². The molecule has 0 unspecified atom stereocenters. The molecule has 1 amide bonds. The predicted molar refractivity (Wildman–Crippen MR) is 112 cm³/mol. The summed E-state index contributed by atoms with van der Waals surface area (Å²) in [6.07, 6.45) is 0.650. The number of aliphatic carboxylic acids is 1. The quantitative estimate of drug-likeness (QED) is 0.767. The zero-order valence-electron chi connectivity index (χ0n) is 17.2. The van der Waals surface area contributed by atoms with E-state index in [1.807, 2.05) is 81.4 Å². The number of amides is 1. The van der Waals surface area contributed by atoms with Crippen molar-refractivity contribution in [2.75, 3.05) is 0 Å². The fraction of sp³-hybridized carbons (Fsp3) is 0.417. The van der Waals surface area contributed by atoms with E-state index in [1.165, 1.54) is 0 Å². The Morgan fingerprint density at radius 2 is 1.59 bits per heavy atom. The second-order valence-corrected chi connectivity index (χ2v) is 8.68. The molecule has 0 aliphatic heterocycles. The third-order valence-electron chi connectivity index (χ3n) is 5.34. The molecule has 154 valence electrons. The van der Waals surface area contributed by atoms with E-state index in [0.717, 1.165) is 11.1 Å². The molecule has 1 fully saturated rings. The summed E-state index contributed by atoms with van der Waals surface area (Å²) in [6.45, 7) is 5.79. The molecule has 1 aliphatic rings. The van der Waals surface area contributed by atoms with Crippen molar-refractivity contribution in [3.8, 4) is 0 Å². The van der Waals surface area contributed by atoms with Gasteiger partial charge in [0.25, 0.3) is 0 Å². The molecular weight excluding hydrogens is 366 g/mol. The molecule has 0 aromatic heterocycles. The SMILES string of the molecule is CC(C)(C)OC(=O)N(Cc1ccccc1)[C@H]1C[C@@H](c2ccccc2)C[C@H]1C(=O)O. The monoisotopic (exact) mass is 395 g/mol. The second-order valence-electron chi connectivity index (χ2n) is 8.68. The van der Waals surface area contributed by atoms with Crippen molar-refractivity contribution in [1.82, 2.24) is 4.90 Å². The normalized spacial score (nSPS) is 21.6. The Labute approximate surface area is 172 Å². The molecule has 1 N–H and O–H groups in total. The van der Waals surface area contributed by atoms with Crippen molar-refractivity contribution in [2.24, 2.45) is 5.92 Å². The molecular formula is C24H29NO4. The van der Waals surface area contributed by atoms with Crippen LogP contribution in [0.3, 0.4) is 0 Å². The highest BCUT2D eigenvalue weighted by Gasteiger charge is 2.45. The molecule has 0 bridgehead atoms. The zero-order valence-corrected chi connectivity index (χ0v) is 17.2. The van der Waals surface area contributed by atoms with E-state index in [0.29, 0.717) is 19.4 Å². The maximum Gasteiger partial charge on any atom is 0.410 e. The predicted octanol–water partition coefficient (Wildman–Crippen LogP) is 5.07. The molecule has 0 radical (unpaired) electrons. The number of carbonyl (C=O) groups is 2. The van der Waals surface area contributed by atoms with Gasteiger partial charge in [0.05, 0.1) is 5.92 Å². The standard InChI is InChI=1S/C24H29NO4/c1-24(2,3)29-23(28)25(16-17-10-6-4-7-11-17)21-15-19(14-20(21)22(26)27)18-12-8-5-9-13-18/h4-13,19-21H,14-16H2,1-3H3,(H,26,27)/t19-,20+,21-/m0/s1. The number of hydrogen-bond acceptors (Lipinski definition) is 3. The molecule has 0 heterocycles. The van der Waals surface area contributed by atoms with E-state index < -0.39 is 29.6 Å². The Morgan fingerprint density at radius 3 is 2.14 bits per heavy atom. The lowest BCUT2D eigenvalue weighted by atomic mass is 9.96. The summed E-state index contributed by atoms with van der Waals surface area (Å²) in [6, 6.07) is 19.2. The Kier molecular flexibility index (Phi) is 6.26. The van der Waals surface area contributed by atoms with Crippen LogP contribution in [0.4, 0.5) is 4.79 Å². The highest BCUT2D eigenvalue weighted by atomic mass is 16.6. The number of ether oxygens (including phenoxy) is 1. The van der Waals surface area contributed by atoms with Crippen LogP contribution >= 0.6 is 0 Å². The van der Waals surface area contributed by atoms with Crippen LogP contribution < -0.4 is 0 Å². The smallest absolute Gasteiger partial charge is 0.410 e. The number of rotatable bonds is 5. The molecule has 2 aromatic carbocycles. The van der Waals surface area contributed by atoms with E-state index in [1.54, 1.807) is 4.90 Å². The van der Waals surface area contributed by atoms with Crippen molar-refractivity contribution < 1.29 is 19.4 Å². The van der Waals surface area contributed by atoms with E-state index in [2.05, 4.69) is 0 Å². The van der Waals surface area contributed by atoms with Gasteiger partial charge in [0.2, 0.25) is 0 Å². The molecule has 0 saturated heterocycles. The molecule has 29 heavy (non-hydrogen) atoms. The number of benzene rings is 2. The average molecular weight is 395 g/mol. The zero-order chi connectivity index (χ0) is 21.0. The Hall–Kier alpha value is -2.82. The molecule has 1 aliphatic carbocycles. The van der Waals surface area contributed by atoms with Crippen molar-refractivity contribution in [3.05, 3.63) is 71.8 Å². The summed E-state index contributed by atoms with van der Waals surface area (Å²) in [7, 11) is 0. The van der Waals surface area contributed by atoms with Gasteiger partial charge in [-0.05, 0) is 50.7 Å². The summed E-state index contributed by atoms with van der Waals surface area (Å²) in [5.74, 6) is -1.39. The van der Waals surface area contributed by atoms with E-state index in [9.17, 15) is 14.7 Å². The van der Waals surface area contributed by atoms with Crippen molar-refractivity contribution in [1.29, 1.82) is 0 Å². The average Bonchev–Trinajstić information content (AvgIpc) is 3.11. The van der Waals surface area contributed by atoms with Crippen LogP contribution in [0.2, 0.25) is 0 Å². The number of nitrogens with zero attached hydrogens (tertiary/aromatic N) is 1. The van der Waals surface area contributed by atoms with Crippen LogP contribution in [0.5, 0.6) is 0 Å². The lowest BCUT2D eigenvalue weighted by Crippen LogP contribution is -2.46. The fourth-order valence-corrected chi connectivity index (χ4v) is 4.04. The lowest BCUT2D eigenvalue weighted by molar-refractivity contribution is -0.143. The van der Waals surface area contributed by atoms with Crippen LogP contribution in [0.1, 0.15) is 50.7 Å². The third kappa shape index (κ3) is 5.37. The van der Waals surface area contributed by atoms with Crippen LogP contribution in [0.15, 0.2) is 60.7 Å². The Morgan fingerprint density at radius 1 is 1.00 bits per heavy atom. The van der Waals surface area contributed by atoms with Gasteiger partial charge in [-0.25, -0.2) is 4.79 Å². The number of carbonyl (C=O) groups excluding carboxylic acids is 1. The van der Waals surface area contributed by atoms with Crippen LogP contribution in [-0.4, -0.2) is 33.7 Å². The van der Waals surface area contributed by atoms with Gasteiger partial charge < -0.3 is 14.7 Å². The van der Waals surface area contributed by atoms with E-state index >= 15 is 0 Å². The van der Waals surface area contributed by atoms with Crippen molar-refractivity contribution >= 4 is 12.1 Å². The van der Waals surface area contributed by atoms with Crippen molar-refractivity contribution in [3.63, 3.8) is 0 Å². The molecule has 1 saturated carbocycles. The van der Waals surface area contributed by atoms with Gasteiger partial charge in [-0.2, -0.15) is 0 Å². The molecule has 5 nitrogen and oxygen atoms in total. The summed E-state index contributed by atoms with van der Waals surface area (Å²) >= 11 is 0. The maximum atomic E-state index is 13.1. The third-order valence-corrected chi connectivity index (χ3v) is 5.34. The van der Waals surface area contributed by atoms with Gasteiger partial charge in [-0.15, -0.1) is 0 Å². The first-order valence-corrected chi connectivity index (χ1v) is 10.1.